The van der Waals surface area contributed by atoms with Crippen LogP contribution in [-0.4, -0.2) is 12.0 Å². The van der Waals surface area contributed by atoms with Gasteiger partial charge in [0.15, 0.2) is 0 Å². The van der Waals surface area contributed by atoms with Crippen molar-refractivity contribution < 1.29 is 4.39 Å². The summed E-state index contributed by atoms with van der Waals surface area (Å²) in [4.78, 5) is 4.38. The molecule has 1 N–H and O–H groups in total. The molecule has 18 heavy (non-hydrogen) atoms. The Bertz CT molecular complexity index is 560. The third-order valence-electron chi connectivity index (χ3n) is 2.58. The zero-order valence-electron chi connectivity index (χ0n) is 9.62. The molecule has 1 atom stereocenters. The quantitative estimate of drug-likeness (QED) is 0.877. The molecule has 0 aliphatic rings. The smallest absolute Gasteiger partial charge is 0.123 e. The van der Waals surface area contributed by atoms with Crippen LogP contribution < -0.4 is 5.32 Å². The highest BCUT2D eigenvalue weighted by Gasteiger charge is 2.17. The van der Waals surface area contributed by atoms with Gasteiger partial charge in [0.2, 0.25) is 0 Å². The molecule has 0 spiro atoms. The first kappa shape index (κ1) is 13.6. The maximum absolute atomic E-state index is 13.3. The molecule has 2 nitrogen and oxygen atoms in total. The summed E-state index contributed by atoms with van der Waals surface area (Å²) in [6, 6.07) is 8.29. The Balaban J connectivity index is 2.45. The predicted molar refractivity (Wildman–Crippen MR) is 76.9 cm³/mol. The maximum atomic E-state index is 13.3. The van der Waals surface area contributed by atoms with Gasteiger partial charge in [0.25, 0.3) is 0 Å². The lowest BCUT2D eigenvalue weighted by molar-refractivity contribution is 0.613. The molecule has 0 aliphatic carbocycles. The molecule has 0 amide bonds. The first-order valence-electron chi connectivity index (χ1n) is 5.35. The third kappa shape index (κ3) is 2.96. The van der Waals surface area contributed by atoms with Crippen molar-refractivity contribution in [1.29, 1.82) is 0 Å². The molecule has 1 aromatic carbocycles. The molecule has 0 saturated heterocycles. The summed E-state index contributed by atoms with van der Waals surface area (Å²) in [5.74, 6) is -0.249. The molecule has 0 aliphatic heterocycles. The number of hydrogen-bond acceptors (Lipinski definition) is 2. The summed E-state index contributed by atoms with van der Waals surface area (Å²) in [6.07, 6.45) is 1.73. The van der Waals surface area contributed by atoms with Crippen LogP contribution >= 0.6 is 31.9 Å². The SMILES string of the molecule is CNC(c1cccc(F)c1)c1ncc(Br)cc1Br. The minimum atomic E-state index is -0.249. The number of nitrogens with one attached hydrogen (secondary N) is 1. The zero-order chi connectivity index (χ0) is 13.1. The average molecular weight is 374 g/mol. The van der Waals surface area contributed by atoms with Crippen LogP contribution in [0.4, 0.5) is 4.39 Å². The fourth-order valence-corrected chi connectivity index (χ4v) is 3.00. The molecule has 0 radical (unpaired) electrons. The van der Waals surface area contributed by atoms with Crippen molar-refractivity contribution in [3.05, 3.63) is 62.5 Å². The van der Waals surface area contributed by atoms with E-state index in [0.29, 0.717) is 0 Å². The van der Waals surface area contributed by atoms with Gasteiger partial charge in [0.1, 0.15) is 5.82 Å². The van der Waals surface area contributed by atoms with Gasteiger partial charge in [0.05, 0.1) is 11.7 Å². The Hall–Kier alpha value is -0.780. The summed E-state index contributed by atoms with van der Waals surface area (Å²) in [7, 11) is 1.83. The fourth-order valence-electron chi connectivity index (χ4n) is 1.78. The summed E-state index contributed by atoms with van der Waals surface area (Å²) in [5, 5.41) is 3.15. The van der Waals surface area contributed by atoms with Crippen LogP contribution in [-0.2, 0) is 0 Å². The number of pyridine rings is 1. The fraction of sp³-hybridized carbons (Fsp3) is 0.154. The second kappa shape index (κ2) is 5.91. The van der Waals surface area contributed by atoms with Crippen molar-refractivity contribution in [2.45, 2.75) is 6.04 Å². The van der Waals surface area contributed by atoms with E-state index in [4.69, 9.17) is 0 Å². The lowest BCUT2D eigenvalue weighted by Crippen LogP contribution is -2.19. The second-order valence-corrected chi connectivity index (χ2v) is 5.57. The van der Waals surface area contributed by atoms with Crippen LogP contribution in [0.25, 0.3) is 0 Å². The standard InChI is InChI=1S/C13H11Br2FN2/c1-17-12(8-3-2-4-10(16)5-8)13-11(15)6-9(14)7-18-13/h2-7,12,17H,1H3. The Morgan fingerprint density at radius 3 is 2.67 bits per heavy atom. The monoisotopic (exact) mass is 372 g/mol. The Morgan fingerprint density at radius 2 is 2.06 bits per heavy atom. The summed E-state index contributed by atoms with van der Waals surface area (Å²) in [5.41, 5.74) is 1.67. The molecule has 2 rings (SSSR count). The Kier molecular flexibility index (Phi) is 4.48. The largest absolute Gasteiger partial charge is 0.308 e. The van der Waals surface area contributed by atoms with Gasteiger partial charge in [-0.15, -0.1) is 0 Å². The molecule has 1 heterocycles. The topological polar surface area (TPSA) is 24.9 Å². The van der Waals surface area contributed by atoms with E-state index in [9.17, 15) is 4.39 Å². The van der Waals surface area contributed by atoms with Crippen LogP contribution in [0.15, 0.2) is 45.5 Å². The van der Waals surface area contributed by atoms with Gasteiger partial charge in [0, 0.05) is 15.1 Å². The molecule has 5 heteroatoms. The van der Waals surface area contributed by atoms with Crippen LogP contribution in [0, 0.1) is 5.82 Å². The van der Waals surface area contributed by atoms with Gasteiger partial charge < -0.3 is 5.32 Å². The van der Waals surface area contributed by atoms with Crippen LogP contribution in [0.3, 0.4) is 0 Å². The molecule has 1 unspecified atom stereocenters. The van der Waals surface area contributed by atoms with E-state index in [1.165, 1.54) is 12.1 Å². The summed E-state index contributed by atoms with van der Waals surface area (Å²) in [6.45, 7) is 0. The van der Waals surface area contributed by atoms with Crippen molar-refractivity contribution in [3.8, 4) is 0 Å². The van der Waals surface area contributed by atoms with E-state index in [1.807, 2.05) is 19.2 Å². The molecule has 2 aromatic rings. The van der Waals surface area contributed by atoms with Gasteiger partial charge in [-0.25, -0.2) is 4.39 Å². The molecule has 1 aromatic heterocycles. The van der Waals surface area contributed by atoms with Gasteiger partial charge in [-0.2, -0.15) is 0 Å². The first-order chi connectivity index (χ1) is 8.61. The Morgan fingerprint density at radius 1 is 1.28 bits per heavy atom. The molecule has 94 valence electrons. The molecule has 0 fully saturated rings. The number of benzene rings is 1. The highest BCUT2D eigenvalue weighted by Crippen LogP contribution is 2.28. The van der Waals surface area contributed by atoms with Crippen molar-refractivity contribution >= 4 is 31.9 Å². The minimum Gasteiger partial charge on any atom is -0.308 e. The van der Waals surface area contributed by atoms with Crippen LogP contribution in [0.1, 0.15) is 17.3 Å². The van der Waals surface area contributed by atoms with E-state index in [1.54, 1.807) is 12.3 Å². The first-order valence-corrected chi connectivity index (χ1v) is 6.94. The number of halogens is 3. The van der Waals surface area contributed by atoms with E-state index in [0.717, 1.165) is 20.2 Å². The van der Waals surface area contributed by atoms with Crippen molar-refractivity contribution in [3.63, 3.8) is 0 Å². The highest BCUT2D eigenvalue weighted by molar-refractivity contribution is 9.11. The molecule has 0 saturated carbocycles. The van der Waals surface area contributed by atoms with E-state index < -0.39 is 0 Å². The Labute approximate surface area is 122 Å². The zero-order valence-corrected chi connectivity index (χ0v) is 12.8. The van der Waals surface area contributed by atoms with Gasteiger partial charge in [-0.1, -0.05) is 12.1 Å². The van der Waals surface area contributed by atoms with Gasteiger partial charge >= 0.3 is 0 Å². The van der Waals surface area contributed by atoms with Gasteiger partial charge in [-0.3, -0.25) is 4.98 Å². The van der Waals surface area contributed by atoms with Crippen molar-refractivity contribution in [1.82, 2.24) is 10.3 Å². The summed E-state index contributed by atoms with van der Waals surface area (Å²) < 4.78 is 15.0. The molecule has 0 bridgehead atoms. The number of hydrogen-bond donors (Lipinski definition) is 1. The maximum Gasteiger partial charge on any atom is 0.123 e. The number of rotatable bonds is 3. The van der Waals surface area contributed by atoms with Gasteiger partial charge in [-0.05, 0) is 62.7 Å². The third-order valence-corrected chi connectivity index (χ3v) is 3.65. The normalized spacial score (nSPS) is 12.4. The minimum absolute atomic E-state index is 0.150. The average Bonchev–Trinajstić information content (AvgIpc) is 2.33. The summed E-state index contributed by atoms with van der Waals surface area (Å²) >= 11 is 6.84. The van der Waals surface area contributed by atoms with Crippen LogP contribution in [0.5, 0.6) is 0 Å². The van der Waals surface area contributed by atoms with E-state index in [-0.39, 0.29) is 11.9 Å². The number of nitrogens with zero attached hydrogens (tertiary/aromatic N) is 1. The second-order valence-electron chi connectivity index (χ2n) is 3.80. The van der Waals surface area contributed by atoms with E-state index >= 15 is 0 Å². The van der Waals surface area contributed by atoms with E-state index in [2.05, 4.69) is 42.2 Å². The van der Waals surface area contributed by atoms with Crippen molar-refractivity contribution in [2.24, 2.45) is 0 Å². The van der Waals surface area contributed by atoms with Crippen LogP contribution in [0.2, 0.25) is 0 Å². The highest BCUT2D eigenvalue weighted by atomic mass is 79.9. The molecular formula is C13H11Br2FN2. The van der Waals surface area contributed by atoms with Crippen molar-refractivity contribution in [2.75, 3.05) is 7.05 Å². The predicted octanol–water partition coefficient (Wildman–Crippen LogP) is 4.05. The lowest BCUT2D eigenvalue weighted by atomic mass is 10.0. The number of aromatic nitrogens is 1. The lowest BCUT2D eigenvalue weighted by Gasteiger charge is -2.17. The molecular weight excluding hydrogens is 363 g/mol.